The lowest BCUT2D eigenvalue weighted by molar-refractivity contribution is 0.414. The van der Waals surface area contributed by atoms with Gasteiger partial charge in [-0.25, -0.2) is 8.78 Å². The Morgan fingerprint density at radius 3 is 2.20 bits per heavy atom. The second-order valence-electron chi connectivity index (χ2n) is 6.98. The number of benzene rings is 1. The maximum atomic E-state index is 14.2. The van der Waals surface area contributed by atoms with Crippen molar-refractivity contribution in [1.29, 1.82) is 0 Å². The van der Waals surface area contributed by atoms with Crippen LogP contribution < -0.4 is 10.2 Å². The van der Waals surface area contributed by atoms with Gasteiger partial charge in [-0.2, -0.15) is 0 Å². The van der Waals surface area contributed by atoms with Crippen molar-refractivity contribution in [2.24, 2.45) is 5.41 Å². The Labute approximate surface area is 120 Å². The number of nitrogens with zero attached hydrogens (tertiary/aromatic N) is 1. The molecule has 0 aromatic heterocycles. The van der Waals surface area contributed by atoms with Crippen molar-refractivity contribution in [3.05, 3.63) is 29.3 Å². The van der Waals surface area contributed by atoms with Gasteiger partial charge in [0, 0.05) is 26.2 Å². The van der Waals surface area contributed by atoms with Crippen LogP contribution in [0.4, 0.5) is 14.5 Å². The molecular weight excluding hydrogens is 258 g/mol. The average Bonchev–Trinajstić information content (AvgIpc) is 3.06. The Kier molecular flexibility index (Phi) is 4.33. The molecule has 0 heterocycles. The first-order chi connectivity index (χ1) is 9.26. The minimum absolute atomic E-state index is 0.0141. The van der Waals surface area contributed by atoms with E-state index in [0.717, 1.165) is 12.8 Å². The molecule has 1 aromatic rings. The predicted molar refractivity (Wildman–Crippen MR) is 78.9 cm³/mol. The molecule has 1 aliphatic rings. The Morgan fingerprint density at radius 1 is 1.20 bits per heavy atom. The summed E-state index contributed by atoms with van der Waals surface area (Å²) in [5.74, 6) is -0.964. The highest BCUT2D eigenvalue weighted by molar-refractivity contribution is 5.50. The number of anilines is 1. The molecule has 2 rings (SSSR count). The lowest BCUT2D eigenvalue weighted by atomic mass is 9.96. The molecule has 0 atom stereocenters. The van der Waals surface area contributed by atoms with Gasteiger partial charge >= 0.3 is 0 Å². The molecule has 0 bridgehead atoms. The first-order valence-electron chi connectivity index (χ1n) is 7.19. The largest absolute Gasteiger partial charge is 0.369 e. The van der Waals surface area contributed by atoms with Crippen LogP contribution in [0, 0.1) is 17.0 Å². The van der Waals surface area contributed by atoms with E-state index in [1.54, 1.807) is 11.9 Å². The molecule has 0 saturated heterocycles. The van der Waals surface area contributed by atoms with Crippen LogP contribution in [0.25, 0.3) is 0 Å². The van der Waals surface area contributed by atoms with Gasteiger partial charge in [0.2, 0.25) is 0 Å². The van der Waals surface area contributed by atoms with E-state index in [0.29, 0.717) is 24.7 Å². The molecule has 112 valence electrons. The van der Waals surface area contributed by atoms with E-state index in [4.69, 9.17) is 0 Å². The van der Waals surface area contributed by atoms with Crippen molar-refractivity contribution in [2.45, 2.75) is 46.2 Å². The molecule has 0 aliphatic heterocycles. The normalized spacial score (nSPS) is 15.5. The summed E-state index contributed by atoms with van der Waals surface area (Å²) in [5, 5.41) is 3.27. The fraction of sp³-hybridized carbons (Fsp3) is 0.625. The minimum Gasteiger partial charge on any atom is -0.369 e. The average molecular weight is 282 g/mol. The van der Waals surface area contributed by atoms with Crippen LogP contribution in [0.5, 0.6) is 0 Å². The Hall–Kier alpha value is -1.16. The number of nitrogens with one attached hydrogen (secondary N) is 1. The second kappa shape index (κ2) is 5.68. The van der Waals surface area contributed by atoms with Crippen molar-refractivity contribution >= 4 is 5.69 Å². The summed E-state index contributed by atoms with van der Waals surface area (Å²) in [6.07, 6.45) is 2.33. The van der Waals surface area contributed by atoms with Crippen LogP contribution in [0.3, 0.4) is 0 Å². The molecular formula is C16H24F2N2. The summed E-state index contributed by atoms with van der Waals surface area (Å²) in [7, 11) is 1.73. The fourth-order valence-electron chi connectivity index (χ4n) is 2.42. The lowest BCUT2D eigenvalue weighted by Gasteiger charge is -2.29. The smallest absolute Gasteiger partial charge is 0.149 e. The van der Waals surface area contributed by atoms with Crippen molar-refractivity contribution in [3.8, 4) is 0 Å². The van der Waals surface area contributed by atoms with E-state index in [1.165, 1.54) is 12.1 Å². The van der Waals surface area contributed by atoms with E-state index in [-0.39, 0.29) is 11.1 Å². The number of hydrogen-bond donors (Lipinski definition) is 1. The summed E-state index contributed by atoms with van der Waals surface area (Å²) in [4.78, 5) is 1.66. The fourth-order valence-corrected chi connectivity index (χ4v) is 2.42. The molecule has 0 unspecified atom stereocenters. The summed E-state index contributed by atoms with van der Waals surface area (Å²) < 4.78 is 28.3. The van der Waals surface area contributed by atoms with Gasteiger partial charge in [-0.15, -0.1) is 0 Å². The van der Waals surface area contributed by atoms with Gasteiger partial charge in [-0.05, 0) is 36.0 Å². The standard InChI is InChI=1S/C16H24F2N2/c1-16(2,3)10-20(4)15-13(17)7-11(8-14(15)18)9-19-12-5-6-12/h7-8,12,19H,5-6,9-10H2,1-4H3. The van der Waals surface area contributed by atoms with Crippen molar-refractivity contribution in [2.75, 3.05) is 18.5 Å². The highest BCUT2D eigenvalue weighted by Crippen LogP contribution is 2.27. The molecule has 4 heteroatoms. The van der Waals surface area contributed by atoms with Crippen molar-refractivity contribution < 1.29 is 8.78 Å². The molecule has 0 spiro atoms. The Morgan fingerprint density at radius 2 is 1.75 bits per heavy atom. The third-order valence-electron chi connectivity index (χ3n) is 3.34. The summed E-state index contributed by atoms with van der Waals surface area (Å²) in [6.45, 7) is 7.27. The second-order valence-corrected chi connectivity index (χ2v) is 6.98. The molecule has 1 N–H and O–H groups in total. The number of rotatable bonds is 5. The molecule has 2 nitrogen and oxygen atoms in total. The monoisotopic (exact) mass is 282 g/mol. The van der Waals surface area contributed by atoms with Crippen LogP contribution in [-0.4, -0.2) is 19.6 Å². The lowest BCUT2D eigenvalue weighted by Crippen LogP contribution is -2.30. The highest BCUT2D eigenvalue weighted by Gasteiger charge is 2.22. The Balaban J connectivity index is 2.12. The highest BCUT2D eigenvalue weighted by atomic mass is 19.1. The maximum Gasteiger partial charge on any atom is 0.149 e. The van der Waals surface area contributed by atoms with Gasteiger partial charge in [-0.1, -0.05) is 20.8 Å². The van der Waals surface area contributed by atoms with Gasteiger partial charge in [0.05, 0.1) is 0 Å². The molecule has 1 aromatic carbocycles. The van der Waals surface area contributed by atoms with Crippen LogP contribution in [0.15, 0.2) is 12.1 Å². The molecule has 0 amide bonds. The maximum absolute atomic E-state index is 14.2. The third-order valence-corrected chi connectivity index (χ3v) is 3.34. The number of halogens is 2. The quantitative estimate of drug-likeness (QED) is 0.886. The Bertz CT molecular complexity index is 453. The summed E-state index contributed by atoms with van der Waals surface area (Å²) in [6, 6.07) is 3.41. The van der Waals surface area contributed by atoms with Crippen LogP contribution in [0.2, 0.25) is 0 Å². The SMILES string of the molecule is CN(CC(C)(C)C)c1c(F)cc(CNC2CC2)cc1F. The molecule has 1 saturated carbocycles. The molecule has 0 radical (unpaired) electrons. The molecule has 20 heavy (non-hydrogen) atoms. The van der Waals surface area contributed by atoms with Gasteiger partial charge in [0.15, 0.2) is 0 Å². The van der Waals surface area contributed by atoms with E-state index >= 15 is 0 Å². The van der Waals surface area contributed by atoms with E-state index in [1.807, 2.05) is 20.8 Å². The van der Waals surface area contributed by atoms with Crippen molar-refractivity contribution in [1.82, 2.24) is 5.32 Å². The van der Waals surface area contributed by atoms with Crippen LogP contribution in [0.1, 0.15) is 39.2 Å². The van der Waals surface area contributed by atoms with E-state index in [2.05, 4.69) is 5.32 Å². The topological polar surface area (TPSA) is 15.3 Å². The van der Waals surface area contributed by atoms with Gasteiger partial charge in [0.1, 0.15) is 17.3 Å². The summed E-state index contributed by atoms with van der Waals surface area (Å²) >= 11 is 0. The first-order valence-corrected chi connectivity index (χ1v) is 7.19. The van der Waals surface area contributed by atoms with E-state index < -0.39 is 11.6 Å². The predicted octanol–water partition coefficient (Wildman–Crippen LogP) is 3.70. The van der Waals surface area contributed by atoms with Gasteiger partial charge in [0.25, 0.3) is 0 Å². The van der Waals surface area contributed by atoms with Gasteiger partial charge in [-0.3, -0.25) is 0 Å². The van der Waals surface area contributed by atoms with Crippen molar-refractivity contribution in [3.63, 3.8) is 0 Å². The van der Waals surface area contributed by atoms with Gasteiger partial charge < -0.3 is 10.2 Å². The first kappa shape index (κ1) is 15.2. The van der Waals surface area contributed by atoms with E-state index in [9.17, 15) is 8.78 Å². The third kappa shape index (κ3) is 4.17. The molecule has 1 fully saturated rings. The van der Waals surface area contributed by atoms with Crippen LogP contribution >= 0.6 is 0 Å². The number of hydrogen-bond acceptors (Lipinski definition) is 2. The zero-order valence-electron chi connectivity index (χ0n) is 12.8. The summed E-state index contributed by atoms with van der Waals surface area (Å²) in [5.41, 5.74) is 0.717. The zero-order chi connectivity index (χ0) is 14.9. The minimum atomic E-state index is -0.482. The molecule has 1 aliphatic carbocycles. The zero-order valence-corrected chi connectivity index (χ0v) is 12.8. The van der Waals surface area contributed by atoms with Crippen LogP contribution in [-0.2, 0) is 6.54 Å².